The number of aliphatic hydroxyl groups excluding tert-OH is 2. The SMILES string of the molecule is CCCC/C=C\CCCCCCCC(=O)OCCCCCCCCCCC/C=C\CCCCCCCC(=O)NC(CO)C(O)CCCCCCCCCCCCCCCCCCCC. The van der Waals surface area contributed by atoms with Gasteiger partial charge in [0.05, 0.1) is 25.4 Å². The molecule has 1 amide bonds. The number of carbonyl (C=O) groups is 2. The van der Waals surface area contributed by atoms with Crippen LogP contribution in [-0.2, 0) is 14.3 Å². The lowest BCUT2D eigenvalue weighted by Gasteiger charge is -2.22. The van der Waals surface area contributed by atoms with Crippen molar-refractivity contribution in [3.05, 3.63) is 24.3 Å². The molecule has 0 saturated carbocycles. The number of hydrogen-bond donors (Lipinski definition) is 3. The highest BCUT2D eigenvalue weighted by atomic mass is 16.5. The number of unbranched alkanes of at least 4 members (excludes halogenated alkanes) is 38. The van der Waals surface area contributed by atoms with Crippen LogP contribution in [0.4, 0.5) is 0 Å². The van der Waals surface area contributed by atoms with Crippen molar-refractivity contribution in [2.75, 3.05) is 13.2 Å². The van der Waals surface area contributed by atoms with Gasteiger partial charge in [0, 0.05) is 12.8 Å². The van der Waals surface area contributed by atoms with Gasteiger partial charge < -0.3 is 20.3 Å². The molecule has 0 rings (SSSR count). The third-order valence-corrected chi connectivity index (χ3v) is 13.2. The Labute approximate surface area is 399 Å². The van der Waals surface area contributed by atoms with Gasteiger partial charge in [-0.3, -0.25) is 9.59 Å². The quantitative estimate of drug-likeness (QED) is 0.0321. The lowest BCUT2D eigenvalue weighted by Crippen LogP contribution is -2.45. The minimum Gasteiger partial charge on any atom is -0.466 e. The van der Waals surface area contributed by atoms with Crippen molar-refractivity contribution < 1.29 is 24.5 Å². The molecule has 0 aliphatic heterocycles. The van der Waals surface area contributed by atoms with Crippen LogP contribution in [0.25, 0.3) is 0 Å². The van der Waals surface area contributed by atoms with Crippen molar-refractivity contribution >= 4 is 11.9 Å². The van der Waals surface area contributed by atoms with Crippen LogP contribution in [0.15, 0.2) is 24.3 Å². The maximum absolute atomic E-state index is 12.5. The van der Waals surface area contributed by atoms with E-state index < -0.39 is 12.1 Å². The van der Waals surface area contributed by atoms with E-state index in [1.807, 2.05) is 0 Å². The summed E-state index contributed by atoms with van der Waals surface area (Å²) in [4.78, 5) is 24.5. The van der Waals surface area contributed by atoms with E-state index in [-0.39, 0.29) is 18.5 Å². The molecule has 2 unspecified atom stereocenters. The normalized spacial score (nSPS) is 12.8. The van der Waals surface area contributed by atoms with Crippen LogP contribution < -0.4 is 5.32 Å². The predicted octanol–water partition coefficient (Wildman–Crippen LogP) is 17.5. The van der Waals surface area contributed by atoms with Gasteiger partial charge in [-0.2, -0.15) is 0 Å². The van der Waals surface area contributed by atoms with E-state index in [0.29, 0.717) is 25.9 Å². The molecule has 0 aromatic rings. The zero-order valence-electron chi connectivity index (χ0n) is 43.0. The van der Waals surface area contributed by atoms with Gasteiger partial charge >= 0.3 is 5.97 Å². The first kappa shape index (κ1) is 62.3. The summed E-state index contributed by atoms with van der Waals surface area (Å²) in [5, 5.41) is 23.3. The Bertz CT molecular complexity index is 997. The molecule has 0 bridgehead atoms. The molecule has 64 heavy (non-hydrogen) atoms. The molecule has 6 heteroatoms. The van der Waals surface area contributed by atoms with Crippen LogP contribution in [0.3, 0.4) is 0 Å². The topological polar surface area (TPSA) is 95.9 Å². The smallest absolute Gasteiger partial charge is 0.305 e. The molecular formula is C58H111NO5. The fourth-order valence-corrected chi connectivity index (χ4v) is 8.79. The van der Waals surface area contributed by atoms with Crippen LogP contribution in [0.1, 0.15) is 309 Å². The maximum Gasteiger partial charge on any atom is 0.305 e. The van der Waals surface area contributed by atoms with Gasteiger partial charge in [-0.25, -0.2) is 0 Å². The number of nitrogens with one attached hydrogen (secondary N) is 1. The van der Waals surface area contributed by atoms with Crippen LogP contribution in [-0.4, -0.2) is 47.4 Å². The van der Waals surface area contributed by atoms with E-state index in [4.69, 9.17) is 4.74 Å². The van der Waals surface area contributed by atoms with Crippen molar-refractivity contribution in [3.8, 4) is 0 Å². The molecule has 6 nitrogen and oxygen atoms in total. The molecule has 0 aromatic carbocycles. The standard InChI is InChI=1S/C58H111NO5/c1-3-5-7-9-11-13-15-16-17-18-21-24-27-31-34-38-42-46-50-56(61)55(54-60)59-57(62)51-47-43-39-35-32-28-25-22-19-20-23-26-29-33-37-41-45-49-53-64-58(63)52-48-44-40-36-30-14-12-10-8-6-4-2/h10,12,22,25,55-56,60-61H,3-9,11,13-21,23-24,26-54H2,1-2H3,(H,59,62)/b12-10-,25-22-. The van der Waals surface area contributed by atoms with Crippen molar-refractivity contribution in [3.63, 3.8) is 0 Å². The molecule has 0 fully saturated rings. The maximum atomic E-state index is 12.5. The van der Waals surface area contributed by atoms with E-state index in [1.54, 1.807) is 0 Å². The van der Waals surface area contributed by atoms with Crippen LogP contribution >= 0.6 is 0 Å². The number of amides is 1. The lowest BCUT2D eigenvalue weighted by molar-refractivity contribution is -0.143. The third-order valence-electron chi connectivity index (χ3n) is 13.2. The fourth-order valence-electron chi connectivity index (χ4n) is 8.79. The molecule has 0 heterocycles. The summed E-state index contributed by atoms with van der Waals surface area (Å²) in [6.45, 7) is 4.91. The Morgan fingerprint density at radius 1 is 0.422 bits per heavy atom. The summed E-state index contributed by atoms with van der Waals surface area (Å²) >= 11 is 0. The molecular weight excluding hydrogens is 791 g/mol. The monoisotopic (exact) mass is 902 g/mol. The molecule has 378 valence electrons. The molecule has 0 radical (unpaired) electrons. The minimum absolute atomic E-state index is 0.00793. The second-order valence-electron chi connectivity index (χ2n) is 19.6. The highest BCUT2D eigenvalue weighted by Gasteiger charge is 2.20. The Kier molecular flexibility index (Phi) is 52.6. The Balaban J connectivity index is 3.46. The molecule has 0 spiro atoms. The van der Waals surface area contributed by atoms with Gasteiger partial charge in [0.15, 0.2) is 0 Å². The summed E-state index contributed by atoms with van der Waals surface area (Å²) in [6.07, 6.45) is 64.5. The van der Waals surface area contributed by atoms with Gasteiger partial charge in [-0.15, -0.1) is 0 Å². The zero-order chi connectivity index (χ0) is 46.5. The fraction of sp³-hybridized carbons (Fsp3) is 0.897. The largest absolute Gasteiger partial charge is 0.466 e. The second kappa shape index (κ2) is 54.0. The first-order valence-electron chi connectivity index (χ1n) is 28.6. The summed E-state index contributed by atoms with van der Waals surface area (Å²) in [5.41, 5.74) is 0. The number of hydrogen-bond acceptors (Lipinski definition) is 5. The van der Waals surface area contributed by atoms with Crippen molar-refractivity contribution in [2.45, 2.75) is 321 Å². The van der Waals surface area contributed by atoms with Crippen LogP contribution in [0.2, 0.25) is 0 Å². The number of esters is 1. The molecule has 0 aromatic heterocycles. The van der Waals surface area contributed by atoms with Gasteiger partial charge in [0.25, 0.3) is 0 Å². The van der Waals surface area contributed by atoms with Crippen LogP contribution in [0.5, 0.6) is 0 Å². The third kappa shape index (κ3) is 49.8. The van der Waals surface area contributed by atoms with Gasteiger partial charge in [0.2, 0.25) is 5.91 Å². The first-order chi connectivity index (χ1) is 31.5. The zero-order valence-corrected chi connectivity index (χ0v) is 43.0. The molecule has 0 aliphatic carbocycles. The predicted molar refractivity (Wildman–Crippen MR) is 278 cm³/mol. The number of carbonyl (C=O) groups excluding carboxylic acids is 2. The summed E-state index contributed by atoms with van der Waals surface area (Å²) in [5.74, 6) is -0.0554. The van der Waals surface area contributed by atoms with E-state index in [0.717, 1.165) is 57.8 Å². The second-order valence-corrected chi connectivity index (χ2v) is 19.6. The minimum atomic E-state index is -0.673. The Morgan fingerprint density at radius 2 is 0.750 bits per heavy atom. The van der Waals surface area contributed by atoms with Crippen molar-refractivity contribution in [1.29, 1.82) is 0 Å². The number of allylic oxidation sites excluding steroid dienone is 4. The van der Waals surface area contributed by atoms with E-state index in [9.17, 15) is 19.8 Å². The van der Waals surface area contributed by atoms with E-state index in [1.165, 1.54) is 218 Å². The van der Waals surface area contributed by atoms with Gasteiger partial charge in [-0.05, 0) is 70.6 Å². The molecule has 2 atom stereocenters. The Hall–Kier alpha value is -1.66. The number of ether oxygens (including phenoxy) is 1. The molecule has 3 N–H and O–H groups in total. The van der Waals surface area contributed by atoms with Crippen molar-refractivity contribution in [2.24, 2.45) is 0 Å². The molecule has 0 saturated heterocycles. The summed E-state index contributed by atoms with van der Waals surface area (Å²) in [6, 6.07) is -0.552. The summed E-state index contributed by atoms with van der Waals surface area (Å²) < 4.78 is 5.45. The highest BCUT2D eigenvalue weighted by Crippen LogP contribution is 2.17. The van der Waals surface area contributed by atoms with Crippen LogP contribution in [0, 0.1) is 0 Å². The van der Waals surface area contributed by atoms with E-state index >= 15 is 0 Å². The first-order valence-corrected chi connectivity index (χ1v) is 28.6. The lowest BCUT2D eigenvalue weighted by atomic mass is 10.0. The average Bonchev–Trinajstić information content (AvgIpc) is 3.29. The van der Waals surface area contributed by atoms with E-state index in [2.05, 4.69) is 43.5 Å². The average molecular weight is 903 g/mol. The Morgan fingerprint density at radius 3 is 1.16 bits per heavy atom. The van der Waals surface area contributed by atoms with Gasteiger partial charge in [0.1, 0.15) is 0 Å². The summed E-state index contributed by atoms with van der Waals surface area (Å²) in [7, 11) is 0. The molecule has 0 aliphatic rings. The van der Waals surface area contributed by atoms with Crippen molar-refractivity contribution in [1.82, 2.24) is 5.32 Å². The van der Waals surface area contributed by atoms with Gasteiger partial charge in [-0.1, -0.05) is 250 Å². The number of aliphatic hydroxyl groups is 2. The number of rotatable bonds is 53. The highest BCUT2D eigenvalue weighted by molar-refractivity contribution is 5.76.